The van der Waals surface area contributed by atoms with Crippen molar-refractivity contribution in [1.29, 1.82) is 0 Å². The minimum absolute atomic E-state index is 0. The molecule has 0 atom stereocenters. The Balaban J connectivity index is 0.00000264. The van der Waals surface area contributed by atoms with E-state index in [-0.39, 0.29) is 36.6 Å². The number of para-hydroxylation sites is 1. The highest BCUT2D eigenvalue weighted by molar-refractivity contribution is 5.92. The summed E-state index contributed by atoms with van der Waals surface area (Å²) in [6, 6.07) is 9.39. The summed E-state index contributed by atoms with van der Waals surface area (Å²) in [6.07, 6.45) is 0. The first-order valence-corrected chi connectivity index (χ1v) is 7.52. The lowest BCUT2D eigenvalue weighted by molar-refractivity contribution is -0.137. The fraction of sp³-hybridized carbons (Fsp3) is 0.500. The zero-order chi connectivity index (χ0) is 16.2. The zero-order valence-corrected chi connectivity index (χ0v) is 15.7. The Bertz CT molecular complexity index is 527. The van der Waals surface area contributed by atoms with E-state index in [2.05, 4.69) is 5.32 Å². The maximum Gasteiger partial charge on any atom is 0.242 e. The molecule has 0 radical (unpaired) electrons. The van der Waals surface area contributed by atoms with Crippen molar-refractivity contribution >= 4 is 42.3 Å². The fourth-order valence-corrected chi connectivity index (χ4v) is 2.44. The topological polar surface area (TPSA) is 78.7 Å². The Kier molecular flexibility index (Phi) is 9.29. The van der Waals surface area contributed by atoms with Crippen LogP contribution in [0.3, 0.4) is 0 Å². The van der Waals surface area contributed by atoms with Gasteiger partial charge in [0.1, 0.15) is 0 Å². The smallest absolute Gasteiger partial charge is 0.242 e. The number of nitrogens with two attached hydrogens (primary N) is 1. The number of benzene rings is 1. The Labute approximate surface area is 155 Å². The van der Waals surface area contributed by atoms with Crippen molar-refractivity contribution in [2.75, 3.05) is 38.0 Å². The fourth-order valence-electron chi connectivity index (χ4n) is 2.44. The van der Waals surface area contributed by atoms with E-state index in [1.54, 1.807) is 18.7 Å². The van der Waals surface area contributed by atoms with Crippen LogP contribution in [-0.4, -0.2) is 59.9 Å². The molecule has 0 saturated carbocycles. The van der Waals surface area contributed by atoms with Crippen molar-refractivity contribution in [3.8, 4) is 0 Å². The zero-order valence-electron chi connectivity index (χ0n) is 14.0. The van der Waals surface area contributed by atoms with Gasteiger partial charge in [0, 0.05) is 31.9 Å². The molecule has 3 N–H and O–H groups in total. The van der Waals surface area contributed by atoms with Gasteiger partial charge in [0.15, 0.2) is 0 Å². The number of halogens is 2. The molecule has 1 aliphatic rings. The molecule has 0 unspecified atom stereocenters. The molecule has 2 rings (SSSR count). The van der Waals surface area contributed by atoms with E-state index in [0.717, 1.165) is 5.69 Å². The number of carbonyl (C=O) groups excluding carboxylic acids is 2. The summed E-state index contributed by atoms with van der Waals surface area (Å²) in [7, 11) is 0. The molecule has 1 heterocycles. The third-order valence-electron chi connectivity index (χ3n) is 3.64. The van der Waals surface area contributed by atoms with E-state index < -0.39 is 5.54 Å². The van der Waals surface area contributed by atoms with Gasteiger partial charge >= 0.3 is 0 Å². The molecule has 24 heavy (non-hydrogen) atoms. The normalized spacial score (nSPS) is 15.0. The van der Waals surface area contributed by atoms with Crippen molar-refractivity contribution in [3.05, 3.63) is 30.3 Å². The van der Waals surface area contributed by atoms with Crippen molar-refractivity contribution < 1.29 is 9.59 Å². The monoisotopic (exact) mass is 376 g/mol. The van der Waals surface area contributed by atoms with Crippen molar-refractivity contribution in [2.24, 2.45) is 5.73 Å². The van der Waals surface area contributed by atoms with E-state index in [0.29, 0.717) is 32.7 Å². The second-order valence-electron chi connectivity index (χ2n) is 6.20. The number of hydrogen-bond donors (Lipinski definition) is 2. The first-order valence-electron chi connectivity index (χ1n) is 7.52. The largest absolute Gasteiger partial charge is 0.339 e. The second-order valence-corrected chi connectivity index (χ2v) is 6.20. The first-order chi connectivity index (χ1) is 10.4. The number of rotatable bonds is 4. The van der Waals surface area contributed by atoms with Gasteiger partial charge < -0.3 is 16.0 Å². The van der Waals surface area contributed by atoms with E-state index in [1.165, 1.54) is 0 Å². The number of nitrogens with one attached hydrogen (secondary N) is 1. The number of amides is 2. The first kappa shape index (κ1) is 22.7. The van der Waals surface area contributed by atoms with Crippen LogP contribution in [0.1, 0.15) is 13.8 Å². The predicted octanol–water partition coefficient (Wildman–Crippen LogP) is 1.35. The third kappa shape index (κ3) is 6.65. The number of piperazine rings is 1. The second kappa shape index (κ2) is 9.84. The number of hydrogen-bond acceptors (Lipinski definition) is 4. The van der Waals surface area contributed by atoms with Crippen LogP contribution in [0.2, 0.25) is 0 Å². The van der Waals surface area contributed by atoms with Crippen LogP contribution in [0, 0.1) is 0 Å². The number of carbonyl (C=O) groups is 2. The summed E-state index contributed by atoms with van der Waals surface area (Å²) >= 11 is 0. The van der Waals surface area contributed by atoms with Gasteiger partial charge in [0.25, 0.3) is 0 Å². The summed E-state index contributed by atoms with van der Waals surface area (Å²) < 4.78 is 0. The Morgan fingerprint density at radius 3 is 2.12 bits per heavy atom. The predicted molar refractivity (Wildman–Crippen MR) is 101 cm³/mol. The van der Waals surface area contributed by atoms with Gasteiger partial charge in [0.2, 0.25) is 11.8 Å². The Morgan fingerprint density at radius 2 is 1.62 bits per heavy atom. The number of nitrogens with zero attached hydrogens (tertiary/aromatic N) is 2. The lowest BCUT2D eigenvalue weighted by Gasteiger charge is -2.37. The Hall–Kier alpha value is -1.34. The minimum Gasteiger partial charge on any atom is -0.339 e. The summed E-state index contributed by atoms with van der Waals surface area (Å²) in [5.74, 6) is -0.0778. The molecule has 1 fully saturated rings. The molecule has 1 saturated heterocycles. The molecule has 8 heteroatoms. The van der Waals surface area contributed by atoms with Crippen molar-refractivity contribution in [1.82, 2.24) is 9.80 Å². The van der Waals surface area contributed by atoms with Crippen LogP contribution >= 0.6 is 24.8 Å². The number of anilines is 1. The molecule has 2 amide bonds. The molecule has 136 valence electrons. The molecule has 0 bridgehead atoms. The van der Waals surface area contributed by atoms with Gasteiger partial charge in [-0.15, -0.1) is 24.8 Å². The highest BCUT2D eigenvalue weighted by atomic mass is 35.5. The highest BCUT2D eigenvalue weighted by Crippen LogP contribution is 2.09. The molecule has 1 aromatic carbocycles. The van der Waals surface area contributed by atoms with Crippen LogP contribution < -0.4 is 11.1 Å². The molecule has 6 nitrogen and oxygen atoms in total. The van der Waals surface area contributed by atoms with Gasteiger partial charge in [-0.25, -0.2) is 0 Å². The van der Waals surface area contributed by atoms with E-state index in [4.69, 9.17) is 5.73 Å². The highest BCUT2D eigenvalue weighted by Gasteiger charge is 2.30. The molecule has 1 aliphatic heterocycles. The maximum atomic E-state index is 12.1. The van der Waals surface area contributed by atoms with Crippen LogP contribution in [0.4, 0.5) is 5.69 Å². The van der Waals surface area contributed by atoms with Gasteiger partial charge in [-0.2, -0.15) is 0 Å². The molecule has 1 aromatic rings. The van der Waals surface area contributed by atoms with Crippen molar-refractivity contribution in [3.63, 3.8) is 0 Å². The SMILES string of the molecule is CC(C)(N)C(=O)N1CCN(CC(=O)Nc2ccccc2)CC1.Cl.Cl. The maximum absolute atomic E-state index is 12.1. The average molecular weight is 377 g/mol. The Morgan fingerprint density at radius 1 is 1.08 bits per heavy atom. The van der Waals surface area contributed by atoms with E-state index in [1.807, 2.05) is 35.2 Å². The van der Waals surface area contributed by atoms with Gasteiger partial charge in [-0.3, -0.25) is 14.5 Å². The van der Waals surface area contributed by atoms with Gasteiger partial charge in [0.05, 0.1) is 12.1 Å². The lowest BCUT2D eigenvalue weighted by atomic mass is 10.0. The van der Waals surface area contributed by atoms with Gasteiger partial charge in [-0.05, 0) is 26.0 Å². The van der Waals surface area contributed by atoms with Crippen LogP contribution in [-0.2, 0) is 9.59 Å². The van der Waals surface area contributed by atoms with Crippen LogP contribution in [0.15, 0.2) is 30.3 Å². The minimum atomic E-state index is -0.840. The van der Waals surface area contributed by atoms with Gasteiger partial charge in [-0.1, -0.05) is 18.2 Å². The van der Waals surface area contributed by atoms with E-state index in [9.17, 15) is 9.59 Å². The molecule has 0 aromatic heterocycles. The third-order valence-corrected chi connectivity index (χ3v) is 3.64. The quantitative estimate of drug-likeness (QED) is 0.830. The summed E-state index contributed by atoms with van der Waals surface area (Å²) in [5.41, 5.74) is 5.80. The molecule has 0 spiro atoms. The summed E-state index contributed by atoms with van der Waals surface area (Å²) in [6.45, 7) is 6.36. The molecular formula is C16H26Cl2N4O2. The van der Waals surface area contributed by atoms with Crippen LogP contribution in [0.25, 0.3) is 0 Å². The molecule has 0 aliphatic carbocycles. The van der Waals surface area contributed by atoms with Crippen molar-refractivity contribution in [2.45, 2.75) is 19.4 Å². The lowest BCUT2D eigenvalue weighted by Crippen LogP contribution is -2.57. The summed E-state index contributed by atoms with van der Waals surface area (Å²) in [5, 5.41) is 2.87. The molecular weight excluding hydrogens is 351 g/mol. The van der Waals surface area contributed by atoms with Crippen LogP contribution in [0.5, 0.6) is 0 Å². The van der Waals surface area contributed by atoms with E-state index >= 15 is 0 Å². The standard InChI is InChI=1S/C16H24N4O2.2ClH/c1-16(2,17)15(22)20-10-8-19(9-11-20)12-14(21)18-13-6-4-3-5-7-13;;/h3-7H,8-12,17H2,1-2H3,(H,18,21);2*1H. The average Bonchev–Trinajstić information content (AvgIpc) is 2.47. The summed E-state index contributed by atoms with van der Waals surface area (Å²) in [4.78, 5) is 27.9.